The number of aromatic nitrogens is 5. The van der Waals surface area contributed by atoms with Gasteiger partial charge in [-0.25, -0.2) is 32.2 Å². The Morgan fingerprint density at radius 2 is 2.06 bits per heavy atom. The van der Waals surface area contributed by atoms with Gasteiger partial charge in [-0.15, -0.1) is 5.10 Å². The smallest absolute Gasteiger partial charge is 0.299 e. The van der Waals surface area contributed by atoms with Gasteiger partial charge >= 0.3 is 0 Å². The molecule has 1 amide bonds. The van der Waals surface area contributed by atoms with Gasteiger partial charge in [0.1, 0.15) is 17.6 Å². The Kier molecular flexibility index (Phi) is 4.31. The summed E-state index contributed by atoms with van der Waals surface area (Å²) in [4.78, 5) is 25.4. The Bertz CT molecular complexity index is 1270. The van der Waals surface area contributed by atoms with Gasteiger partial charge in [0, 0.05) is 25.7 Å². The first kappa shape index (κ1) is 19.3. The molecule has 160 valence electrons. The zero-order chi connectivity index (χ0) is 21.9. The van der Waals surface area contributed by atoms with E-state index in [-0.39, 0.29) is 29.1 Å². The fourth-order valence-electron chi connectivity index (χ4n) is 3.81. The summed E-state index contributed by atoms with van der Waals surface area (Å²) in [7, 11) is 1.33. The van der Waals surface area contributed by atoms with Gasteiger partial charge in [0.2, 0.25) is 11.6 Å². The zero-order valence-electron chi connectivity index (χ0n) is 15.9. The first-order chi connectivity index (χ1) is 14.8. The number of nitrogens with one attached hydrogen (secondary N) is 1. The number of alkyl halides is 2. The van der Waals surface area contributed by atoms with Crippen molar-refractivity contribution in [2.24, 2.45) is 7.05 Å². The van der Waals surface area contributed by atoms with Crippen LogP contribution in [0.4, 0.5) is 17.6 Å². The molecule has 0 spiro atoms. The third-order valence-corrected chi connectivity index (χ3v) is 5.22. The van der Waals surface area contributed by atoms with E-state index in [0.29, 0.717) is 12.1 Å². The number of hydrogen-bond donors (Lipinski definition) is 1. The summed E-state index contributed by atoms with van der Waals surface area (Å²) >= 11 is 0. The maximum absolute atomic E-state index is 14.2. The number of carbonyl (C=O) groups is 1. The van der Waals surface area contributed by atoms with E-state index >= 15 is 0 Å². The van der Waals surface area contributed by atoms with Crippen LogP contribution in [0, 0.1) is 11.6 Å². The number of fused-ring (bicyclic) bond motifs is 2. The molecule has 0 radical (unpaired) electrons. The SMILES string of the molecule is Cn1nc(C(F)F)nc1C(=O)N1CCc2[nH]cnc2[C@@H]1c1cc2c(F)ccc(F)c2o1. The predicted molar refractivity (Wildman–Crippen MR) is 97.3 cm³/mol. The second-order valence-corrected chi connectivity index (χ2v) is 7.06. The Morgan fingerprint density at radius 3 is 2.77 bits per heavy atom. The van der Waals surface area contributed by atoms with Crippen LogP contribution in [0.1, 0.15) is 46.1 Å². The minimum absolute atomic E-state index is 0.0799. The van der Waals surface area contributed by atoms with E-state index in [1.165, 1.54) is 24.3 Å². The molecule has 3 aromatic heterocycles. The van der Waals surface area contributed by atoms with Crippen LogP contribution in [-0.2, 0) is 13.5 Å². The fraction of sp³-hybridized carbons (Fsp3) is 0.263. The number of benzene rings is 1. The molecule has 0 unspecified atom stereocenters. The lowest BCUT2D eigenvalue weighted by Crippen LogP contribution is -2.41. The third-order valence-electron chi connectivity index (χ3n) is 5.22. The molecule has 12 heteroatoms. The first-order valence-corrected chi connectivity index (χ1v) is 9.24. The van der Waals surface area contributed by atoms with Gasteiger partial charge in [0.25, 0.3) is 12.3 Å². The summed E-state index contributed by atoms with van der Waals surface area (Å²) in [6.07, 6.45) is -1.10. The van der Waals surface area contributed by atoms with E-state index in [1.807, 2.05) is 0 Å². The van der Waals surface area contributed by atoms with Crippen molar-refractivity contribution >= 4 is 16.9 Å². The molecule has 31 heavy (non-hydrogen) atoms. The maximum atomic E-state index is 14.2. The van der Waals surface area contributed by atoms with E-state index in [0.717, 1.165) is 22.5 Å². The lowest BCUT2D eigenvalue weighted by Gasteiger charge is -2.33. The molecule has 4 heterocycles. The molecule has 0 aliphatic carbocycles. The topological polar surface area (TPSA) is 92.8 Å². The van der Waals surface area contributed by atoms with Gasteiger partial charge in [0.15, 0.2) is 11.4 Å². The van der Waals surface area contributed by atoms with Gasteiger partial charge in [0.05, 0.1) is 17.4 Å². The van der Waals surface area contributed by atoms with Gasteiger partial charge in [-0.3, -0.25) is 4.79 Å². The number of aromatic amines is 1. The molecule has 1 atom stereocenters. The molecule has 1 N–H and O–H groups in total. The number of aryl methyl sites for hydroxylation is 1. The zero-order valence-corrected chi connectivity index (χ0v) is 15.9. The van der Waals surface area contributed by atoms with Crippen LogP contribution < -0.4 is 0 Å². The summed E-state index contributed by atoms with van der Waals surface area (Å²) in [5.41, 5.74) is 0.862. The van der Waals surface area contributed by atoms with E-state index in [9.17, 15) is 22.4 Å². The maximum Gasteiger partial charge on any atom is 0.299 e. The lowest BCUT2D eigenvalue weighted by molar-refractivity contribution is 0.0654. The number of rotatable bonds is 3. The van der Waals surface area contributed by atoms with Crippen LogP contribution in [0.3, 0.4) is 0 Å². The van der Waals surface area contributed by atoms with E-state index in [4.69, 9.17) is 4.42 Å². The van der Waals surface area contributed by atoms with Gasteiger partial charge in [-0.1, -0.05) is 0 Å². The predicted octanol–water partition coefficient (Wildman–Crippen LogP) is 3.29. The molecule has 1 aromatic carbocycles. The molecule has 0 fully saturated rings. The number of hydrogen-bond acceptors (Lipinski definition) is 5. The Balaban J connectivity index is 1.63. The van der Waals surface area contributed by atoms with Crippen LogP contribution in [0.25, 0.3) is 11.0 Å². The van der Waals surface area contributed by atoms with Crippen LogP contribution in [0.15, 0.2) is 28.9 Å². The summed E-state index contributed by atoms with van der Waals surface area (Å²) < 4.78 is 61.0. The molecule has 4 aromatic rings. The molecular formula is C19H14F4N6O2. The highest BCUT2D eigenvalue weighted by molar-refractivity contribution is 5.91. The molecule has 0 saturated heterocycles. The van der Waals surface area contributed by atoms with Crippen LogP contribution in [0.5, 0.6) is 0 Å². The molecule has 0 saturated carbocycles. The van der Waals surface area contributed by atoms with Crippen LogP contribution >= 0.6 is 0 Å². The van der Waals surface area contributed by atoms with E-state index < -0.39 is 35.8 Å². The molecule has 1 aliphatic rings. The highest BCUT2D eigenvalue weighted by Crippen LogP contribution is 2.38. The number of H-pyrrole nitrogens is 1. The Labute approximate surface area is 171 Å². The lowest BCUT2D eigenvalue weighted by atomic mass is 10.00. The highest BCUT2D eigenvalue weighted by Gasteiger charge is 2.39. The van der Waals surface area contributed by atoms with Crippen LogP contribution in [0.2, 0.25) is 0 Å². The average Bonchev–Trinajstić information content (AvgIpc) is 3.47. The molecule has 5 rings (SSSR count). The standard InChI is InChI=1S/C19H14F4N6O2/c1-28-18(26-17(27-28)16(22)23)19(30)29-5-4-11-13(25-7-24-11)14(29)12-6-8-9(20)2-3-10(21)15(8)31-12/h2-3,6-7,14,16H,4-5H2,1H3,(H,24,25)/t14-/m0/s1. The van der Waals surface area contributed by atoms with Crippen LogP contribution in [-0.4, -0.2) is 42.1 Å². The molecular weight excluding hydrogens is 420 g/mol. The average molecular weight is 434 g/mol. The van der Waals surface area contributed by atoms with Crippen molar-refractivity contribution in [1.82, 2.24) is 29.6 Å². The quantitative estimate of drug-likeness (QED) is 0.500. The minimum atomic E-state index is -2.94. The minimum Gasteiger partial charge on any atom is -0.455 e. The number of nitrogens with zero attached hydrogens (tertiary/aromatic N) is 5. The van der Waals surface area contributed by atoms with Gasteiger partial charge < -0.3 is 14.3 Å². The monoisotopic (exact) mass is 434 g/mol. The number of furan rings is 1. The van der Waals surface area contributed by atoms with Crippen molar-refractivity contribution in [2.45, 2.75) is 18.9 Å². The molecule has 1 aliphatic heterocycles. The van der Waals surface area contributed by atoms with Crippen molar-refractivity contribution in [2.75, 3.05) is 6.54 Å². The van der Waals surface area contributed by atoms with Gasteiger partial charge in [-0.2, -0.15) is 0 Å². The van der Waals surface area contributed by atoms with E-state index in [2.05, 4.69) is 20.1 Å². The Morgan fingerprint density at radius 1 is 1.29 bits per heavy atom. The number of carbonyl (C=O) groups excluding carboxylic acids is 1. The summed E-state index contributed by atoms with van der Waals surface area (Å²) in [5, 5.41) is 3.50. The second kappa shape index (κ2) is 6.93. The van der Waals surface area contributed by atoms with Crippen molar-refractivity contribution in [3.05, 3.63) is 65.0 Å². The summed E-state index contributed by atoms with van der Waals surface area (Å²) in [6.45, 7) is 0.164. The summed E-state index contributed by atoms with van der Waals surface area (Å²) in [5.74, 6) is -3.12. The van der Waals surface area contributed by atoms with Gasteiger partial charge in [-0.05, 0) is 18.2 Å². The van der Waals surface area contributed by atoms with Crippen molar-refractivity contribution in [3.8, 4) is 0 Å². The summed E-state index contributed by atoms with van der Waals surface area (Å²) in [6, 6.07) is 2.29. The molecule has 8 nitrogen and oxygen atoms in total. The molecule has 0 bridgehead atoms. The highest BCUT2D eigenvalue weighted by atomic mass is 19.3. The van der Waals surface area contributed by atoms with E-state index in [1.54, 1.807) is 0 Å². The largest absolute Gasteiger partial charge is 0.455 e. The fourth-order valence-corrected chi connectivity index (χ4v) is 3.81. The number of amides is 1. The second-order valence-electron chi connectivity index (χ2n) is 7.06. The Hall–Kier alpha value is -3.70. The first-order valence-electron chi connectivity index (χ1n) is 9.24. The van der Waals surface area contributed by atoms with Crippen molar-refractivity contribution in [3.63, 3.8) is 0 Å². The normalized spacial score (nSPS) is 16.3. The number of halogens is 4. The van der Waals surface area contributed by atoms with Crippen molar-refractivity contribution in [1.29, 1.82) is 0 Å². The van der Waals surface area contributed by atoms with Crippen molar-refractivity contribution < 1.29 is 26.8 Å². The third kappa shape index (κ3) is 2.97. The number of imidazole rings is 1.